The first kappa shape index (κ1) is 27.7. The van der Waals surface area contributed by atoms with Crippen LogP contribution in [0.3, 0.4) is 0 Å². The zero-order valence-electron chi connectivity index (χ0n) is 20.8. The Morgan fingerprint density at radius 1 is 1.27 bits per heavy atom. The number of allylic oxidation sites excluding steroid dienone is 2. The Kier molecular flexibility index (Phi) is 11.7. The van der Waals surface area contributed by atoms with Gasteiger partial charge in [-0.1, -0.05) is 45.6 Å². The molecule has 1 aliphatic heterocycles. The number of amides is 1. The highest BCUT2D eigenvalue weighted by Crippen LogP contribution is 2.24. The van der Waals surface area contributed by atoms with Crippen molar-refractivity contribution in [2.45, 2.75) is 60.4 Å². The molecule has 3 rings (SSSR count). The van der Waals surface area contributed by atoms with Crippen LogP contribution in [-0.2, 0) is 24.8 Å². The number of anilines is 1. The van der Waals surface area contributed by atoms with Crippen LogP contribution in [0.2, 0.25) is 0 Å². The van der Waals surface area contributed by atoms with E-state index in [0.717, 1.165) is 34.6 Å². The number of hydrogen-bond acceptors (Lipinski definition) is 4. The maximum atomic E-state index is 13.0. The van der Waals surface area contributed by atoms with E-state index in [-0.39, 0.29) is 12.3 Å². The molecule has 0 radical (unpaired) electrons. The first-order valence-corrected chi connectivity index (χ1v) is 11.4. The maximum absolute atomic E-state index is 13.0. The largest absolute Gasteiger partial charge is 0.481 e. The summed E-state index contributed by atoms with van der Waals surface area (Å²) in [4.78, 5) is 25.5. The zero-order valence-corrected chi connectivity index (χ0v) is 20.8. The van der Waals surface area contributed by atoms with Crippen molar-refractivity contribution >= 4 is 17.7 Å². The van der Waals surface area contributed by atoms with Crippen LogP contribution in [0.25, 0.3) is 0 Å². The Balaban J connectivity index is 0.000000689. The van der Waals surface area contributed by atoms with Crippen molar-refractivity contribution in [3.63, 3.8) is 0 Å². The quantitative estimate of drug-likeness (QED) is 0.597. The second-order valence-corrected chi connectivity index (χ2v) is 7.54. The minimum absolute atomic E-state index is 0.0789. The third-order valence-corrected chi connectivity index (χ3v) is 5.01. The summed E-state index contributed by atoms with van der Waals surface area (Å²) in [5.41, 5.74) is 4.12. The van der Waals surface area contributed by atoms with Gasteiger partial charge in [0, 0.05) is 30.3 Å². The van der Waals surface area contributed by atoms with Crippen LogP contribution in [0.15, 0.2) is 48.8 Å². The first-order chi connectivity index (χ1) is 15.8. The van der Waals surface area contributed by atoms with Crippen LogP contribution >= 0.6 is 0 Å². The van der Waals surface area contributed by atoms with Crippen LogP contribution < -0.4 is 5.32 Å². The molecule has 0 atom stereocenters. The Bertz CT molecular complexity index is 976. The molecule has 1 aromatic heterocycles. The lowest BCUT2D eigenvalue weighted by Crippen LogP contribution is -2.31. The third-order valence-electron chi connectivity index (χ3n) is 5.01. The van der Waals surface area contributed by atoms with Crippen LogP contribution in [0.1, 0.15) is 67.6 Å². The number of carboxylic acids is 1. The standard InChI is InChI=1S/C19H22N4O3.C5H10.C2H6/c1-12-8-15(5-4-14(12)6-7-17(24)25)19(26)23-10-13(2)21-18-16(11-23)9-20-22(18)3;1-3-5-4-2;1-2/h4-5,8-9,21H,2,6-7,10-11H2,1,3H3,(H,24,25);3,5H,4H2,1-2H3;1-2H3/b;5-3-;. The predicted octanol–water partition coefficient (Wildman–Crippen LogP) is 5.33. The van der Waals surface area contributed by atoms with Crippen molar-refractivity contribution in [1.82, 2.24) is 14.7 Å². The molecule has 7 nitrogen and oxygen atoms in total. The molecule has 0 saturated heterocycles. The number of aliphatic carboxylic acids is 1. The Hall–Kier alpha value is -3.35. The summed E-state index contributed by atoms with van der Waals surface area (Å²) < 4.78 is 1.73. The van der Waals surface area contributed by atoms with E-state index < -0.39 is 5.97 Å². The Morgan fingerprint density at radius 3 is 2.52 bits per heavy atom. The lowest BCUT2D eigenvalue weighted by Gasteiger charge is -2.21. The normalized spacial score (nSPS) is 12.5. The maximum Gasteiger partial charge on any atom is 0.303 e. The lowest BCUT2D eigenvalue weighted by molar-refractivity contribution is -0.136. The fourth-order valence-electron chi connectivity index (χ4n) is 3.37. The zero-order chi connectivity index (χ0) is 25.0. The van der Waals surface area contributed by atoms with E-state index in [2.05, 4.69) is 36.1 Å². The smallest absolute Gasteiger partial charge is 0.303 e. The number of hydrogen-bond donors (Lipinski definition) is 2. The molecular weight excluding hydrogens is 416 g/mol. The number of rotatable bonds is 5. The number of carbonyl (C=O) groups is 2. The van der Waals surface area contributed by atoms with Gasteiger partial charge >= 0.3 is 5.97 Å². The molecule has 0 aliphatic carbocycles. The summed E-state index contributed by atoms with van der Waals surface area (Å²) in [6, 6.07) is 5.43. The second kappa shape index (κ2) is 13.9. The van der Waals surface area contributed by atoms with Crippen LogP contribution in [0.4, 0.5) is 5.82 Å². The van der Waals surface area contributed by atoms with E-state index in [4.69, 9.17) is 5.11 Å². The lowest BCUT2D eigenvalue weighted by atomic mass is 10.0. The van der Waals surface area contributed by atoms with Gasteiger partial charge in [0.1, 0.15) is 5.82 Å². The molecule has 0 spiro atoms. The fourth-order valence-corrected chi connectivity index (χ4v) is 3.37. The van der Waals surface area contributed by atoms with Gasteiger partial charge in [0.25, 0.3) is 5.91 Å². The molecule has 33 heavy (non-hydrogen) atoms. The highest BCUT2D eigenvalue weighted by molar-refractivity contribution is 5.95. The van der Waals surface area contributed by atoms with Gasteiger partial charge in [-0.2, -0.15) is 5.10 Å². The second-order valence-electron chi connectivity index (χ2n) is 7.54. The summed E-state index contributed by atoms with van der Waals surface area (Å²) in [7, 11) is 1.84. The van der Waals surface area contributed by atoms with E-state index >= 15 is 0 Å². The van der Waals surface area contributed by atoms with Crippen molar-refractivity contribution in [2.24, 2.45) is 7.05 Å². The first-order valence-electron chi connectivity index (χ1n) is 11.4. The number of carboxylic acid groups (broad SMARTS) is 1. The summed E-state index contributed by atoms with van der Waals surface area (Å²) >= 11 is 0. The van der Waals surface area contributed by atoms with Gasteiger partial charge in [0.05, 0.1) is 19.3 Å². The molecule has 2 heterocycles. The van der Waals surface area contributed by atoms with E-state index in [0.29, 0.717) is 25.1 Å². The van der Waals surface area contributed by atoms with Crippen molar-refractivity contribution in [3.05, 3.63) is 71.1 Å². The SMILES string of the molecule is C/C=C\CC.C=C1CN(C(=O)c2ccc(CCC(=O)O)c(C)c2)Cc2cnn(C)c2N1.CC. The van der Waals surface area contributed by atoms with Gasteiger partial charge < -0.3 is 15.3 Å². The summed E-state index contributed by atoms with van der Waals surface area (Å²) in [6.07, 6.45) is 7.63. The topological polar surface area (TPSA) is 87.5 Å². The number of carbonyl (C=O) groups excluding carboxylic acids is 1. The van der Waals surface area contributed by atoms with Crippen LogP contribution in [-0.4, -0.2) is 38.2 Å². The minimum atomic E-state index is -0.826. The fraction of sp³-hybridized carbons (Fsp3) is 0.423. The van der Waals surface area contributed by atoms with Gasteiger partial charge in [-0.05, 0) is 49.9 Å². The molecule has 1 aromatic carbocycles. The average Bonchev–Trinajstić information content (AvgIpc) is 3.03. The molecule has 2 N–H and O–H groups in total. The number of aryl methyl sites for hydroxylation is 3. The van der Waals surface area contributed by atoms with Gasteiger partial charge in [-0.25, -0.2) is 0 Å². The minimum Gasteiger partial charge on any atom is -0.481 e. The molecular formula is C26H38N4O3. The number of nitrogens with zero attached hydrogens (tertiary/aromatic N) is 3. The Labute approximate surface area is 197 Å². The van der Waals surface area contributed by atoms with Crippen LogP contribution in [0.5, 0.6) is 0 Å². The number of nitrogens with one attached hydrogen (secondary N) is 1. The molecule has 1 aliphatic rings. The molecule has 0 unspecified atom stereocenters. The summed E-state index contributed by atoms with van der Waals surface area (Å²) in [5, 5.41) is 16.3. The van der Waals surface area contributed by atoms with E-state index in [1.807, 2.05) is 46.9 Å². The van der Waals surface area contributed by atoms with Crippen molar-refractivity contribution in [2.75, 3.05) is 11.9 Å². The predicted molar refractivity (Wildman–Crippen MR) is 134 cm³/mol. The number of aromatic nitrogens is 2. The average molecular weight is 455 g/mol. The third kappa shape index (κ3) is 8.25. The monoisotopic (exact) mass is 454 g/mol. The molecule has 180 valence electrons. The molecule has 2 aromatic rings. The highest BCUT2D eigenvalue weighted by atomic mass is 16.4. The van der Waals surface area contributed by atoms with Gasteiger partial charge in [-0.15, -0.1) is 0 Å². The summed E-state index contributed by atoms with van der Waals surface area (Å²) in [6.45, 7) is 14.9. The van der Waals surface area contributed by atoms with E-state index in [1.165, 1.54) is 0 Å². The van der Waals surface area contributed by atoms with E-state index in [9.17, 15) is 9.59 Å². The summed E-state index contributed by atoms with van der Waals surface area (Å²) in [5.74, 6) is -0.0598. The van der Waals surface area contributed by atoms with Gasteiger partial charge in [-0.3, -0.25) is 14.3 Å². The van der Waals surface area contributed by atoms with Gasteiger partial charge in [0.2, 0.25) is 0 Å². The van der Waals surface area contributed by atoms with Gasteiger partial charge in [0.15, 0.2) is 0 Å². The molecule has 0 bridgehead atoms. The Morgan fingerprint density at radius 2 is 1.97 bits per heavy atom. The molecule has 0 saturated carbocycles. The van der Waals surface area contributed by atoms with Crippen molar-refractivity contribution in [3.8, 4) is 0 Å². The van der Waals surface area contributed by atoms with E-state index in [1.54, 1.807) is 21.8 Å². The number of fused-ring (bicyclic) bond motifs is 1. The molecule has 1 amide bonds. The van der Waals surface area contributed by atoms with Crippen molar-refractivity contribution in [1.29, 1.82) is 0 Å². The highest BCUT2D eigenvalue weighted by Gasteiger charge is 2.24. The molecule has 7 heteroatoms. The van der Waals surface area contributed by atoms with Crippen molar-refractivity contribution < 1.29 is 14.7 Å². The molecule has 0 fully saturated rings. The number of benzene rings is 1. The van der Waals surface area contributed by atoms with Crippen LogP contribution in [0, 0.1) is 6.92 Å².